The second-order valence-corrected chi connectivity index (χ2v) is 5.95. The van der Waals surface area contributed by atoms with Gasteiger partial charge in [-0.3, -0.25) is 9.36 Å². The highest BCUT2D eigenvalue weighted by atomic mass is 16.1. The molecular weight excluding hydrogens is 286 g/mol. The molecule has 4 rings (SSSR count). The molecule has 3 heterocycles. The summed E-state index contributed by atoms with van der Waals surface area (Å²) in [5.74, 6) is 7.46. The van der Waals surface area contributed by atoms with Gasteiger partial charge in [0.1, 0.15) is 11.5 Å². The maximum absolute atomic E-state index is 12.5. The molecule has 0 spiro atoms. The molecule has 4 nitrogen and oxygen atoms in total. The van der Waals surface area contributed by atoms with E-state index in [0.717, 1.165) is 35.6 Å². The van der Waals surface area contributed by atoms with Gasteiger partial charge in [0.25, 0.3) is 5.56 Å². The van der Waals surface area contributed by atoms with Gasteiger partial charge in [-0.15, -0.1) is 0 Å². The molecule has 0 N–H and O–H groups in total. The fourth-order valence-electron chi connectivity index (χ4n) is 2.95. The van der Waals surface area contributed by atoms with E-state index in [1.165, 1.54) is 0 Å². The maximum atomic E-state index is 12.5. The summed E-state index contributed by atoms with van der Waals surface area (Å²) in [6.45, 7) is 2.90. The van der Waals surface area contributed by atoms with E-state index in [1.807, 2.05) is 36.4 Å². The van der Waals surface area contributed by atoms with Gasteiger partial charge in [-0.25, -0.2) is 9.97 Å². The third-order valence-corrected chi connectivity index (χ3v) is 4.06. The lowest BCUT2D eigenvalue weighted by molar-refractivity contribution is 0.558. The van der Waals surface area contributed by atoms with Gasteiger partial charge in [0.15, 0.2) is 0 Å². The van der Waals surface area contributed by atoms with Crippen LogP contribution in [0.15, 0.2) is 47.4 Å². The van der Waals surface area contributed by atoms with Crippen LogP contribution in [0.5, 0.6) is 0 Å². The monoisotopic (exact) mass is 301 g/mol. The van der Waals surface area contributed by atoms with E-state index in [2.05, 4.69) is 28.7 Å². The van der Waals surface area contributed by atoms with Crippen molar-refractivity contribution in [1.29, 1.82) is 0 Å². The van der Waals surface area contributed by atoms with Gasteiger partial charge in [0.2, 0.25) is 0 Å². The number of nitrogens with zero attached hydrogens (tertiary/aromatic N) is 3. The molecule has 1 aromatic carbocycles. The van der Waals surface area contributed by atoms with Crippen LogP contribution in [0.2, 0.25) is 0 Å². The van der Waals surface area contributed by atoms with Crippen LogP contribution in [0.1, 0.15) is 24.0 Å². The minimum Gasteiger partial charge on any atom is -0.296 e. The molecule has 0 saturated heterocycles. The first kappa shape index (κ1) is 13.7. The molecule has 1 atom stereocenters. The second-order valence-electron chi connectivity index (χ2n) is 5.95. The Morgan fingerprint density at radius 2 is 2.13 bits per heavy atom. The smallest absolute Gasteiger partial charge is 0.261 e. The molecule has 0 aliphatic carbocycles. The van der Waals surface area contributed by atoms with Crippen molar-refractivity contribution in [1.82, 2.24) is 14.5 Å². The summed E-state index contributed by atoms with van der Waals surface area (Å²) in [5, 5.41) is 0.659. The Kier molecular flexibility index (Phi) is 3.20. The standard InChI is InChI=1S/C19H15N3O/c1-13-10-18-21-17-11-14(5-7-15-4-2-3-9-20-15)6-8-16(17)19(23)22(18)12-13/h2-4,6,8-9,11,13H,10,12H2,1H3/t13-/m1/s1. The molecule has 1 aliphatic rings. The maximum Gasteiger partial charge on any atom is 0.261 e. The van der Waals surface area contributed by atoms with E-state index >= 15 is 0 Å². The van der Waals surface area contributed by atoms with Gasteiger partial charge in [-0.2, -0.15) is 0 Å². The molecule has 0 amide bonds. The van der Waals surface area contributed by atoms with Gasteiger partial charge in [-0.05, 0) is 42.2 Å². The fraction of sp³-hybridized carbons (Fsp3) is 0.211. The Bertz CT molecular complexity index is 1010. The van der Waals surface area contributed by atoms with Crippen molar-refractivity contribution in [2.75, 3.05) is 0 Å². The lowest BCUT2D eigenvalue weighted by atomic mass is 10.1. The van der Waals surface area contributed by atoms with E-state index in [9.17, 15) is 4.79 Å². The van der Waals surface area contributed by atoms with Gasteiger partial charge in [0, 0.05) is 24.7 Å². The largest absolute Gasteiger partial charge is 0.296 e. The minimum absolute atomic E-state index is 0.0542. The first-order chi connectivity index (χ1) is 11.2. The molecule has 2 aromatic heterocycles. The topological polar surface area (TPSA) is 47.8 Å². The number of fused-ring (bicyclic) bond motifs is 2. The van der Waals surface area contributed by atoms with E-state index in [4.69, 9.17) is 0 Å². The van der Waals surface area contributed by atoms with Crippen LogP contribution in [0.3, 0.4) is 0 Å². The number of rotatable bonds is 0. The van der Waals surface area contributed by atoms with Crippen LogP contribution in [-0.2, 0) is 13.0 Å². The number of benzene rings is 1. The predicted molar refractivity (Wildman–Crippen MR) is 89.1 cm³/mol. The average Bonchev–Trinajstić information content (AvgIpc) is 2.94. The van der Waals surface area contributed by atoms with Gasteiger partial charge in [-0.1, -0.05) is 18.9 Å². The van der Waals surface area contributed by atoms with Crippen molar-refractivity contribution >= 4 is 10.9 Å². The van der Waals surface area contributed by atoms with Crippen LogP contribution in [0, 0.1) is 17.8 Å². The van der Waals surface area contributed by atoms with Crippen LogP contribution in [0.25, 0.3) is 10.9 Å². The molecular formula is C19H15N3O. The zero-order valence-electron chi connectivity index (χ0n) is 12.8. The summed E-state index contributed by atoms with van der Waals surface area (Å²) in [5.41, 5.74) is 2.34. The van der Waals surface area contributed by atoms with Crippen LogP contribution < -0.4 is 5.56 Å². The van der Waals surface area contributed by atoms with Crippen LogP contribution >= 0.6 is 0 Å². The Labute approximate surface area is 133 Å². The quantitative estimate of drug-likeness (QED) is 0.599. The zero-order chi connectivity index (χ0) is 15.8. The number of hydrogen-bond acceptors (Lipinski definition) is 3. The third-order valence-electron chi connectivity index (χ3n) is 4.06. The average molecular weight is 301 g/mol. The van der Waals surface area contributed by atoms with Gasteiger partial charge >= 0.3 is 0 Å². The molecule has 3 aromatic rings. The van der Waals surface area contributed by atoms with Crippen molar-refractivity contribution in [2.24, 2.45) is 5.92 Å². The summed E-state index contributed by atoms with van der Waals surface area (Å²) < 4.78 is 1.80. The van der Waals surface area contributed by atoms with Crippen molar-refractivity contribution < 1.29 is 0 Å². The molecule has 4 heteroatoms. The Hall–Kier alpha value is -2.93. The Balaban J connectivity index is 1.79. The Morgan fingerprint density at radius 3 is 2.96 bits per heavy atom. The van der Waals surface area contributed by atoms with Crippen molar-refractivity contribution in [3.05, 3.63) is 70.0 Å². The highest BCUT2D eigenvalue weighted by Crippen LogP contribution is 2.19. The van der Waals surface area contributed by atoms with Gasteiger partial charge in [0.05, 0.1) is 10.9 Å². The molecule has 0 unspecified atom stereocenters. The first-order valence-corrected chi connectivity index (χ1v) is 7.67. The van der Waals surface area contributed by atoms with Crippen LogP contribution in [-0.4, -0.2) is 14.5 Å². The summed E-state index contributed by atoms with van der Waals surface area (Å²) in [6.07, 6.45) is 2.58. The van der Waals surface area contributed by atoms with Crippen molar-refractivity contribution in [3.63, 3.8) is 0 Å². The predicted octanol–water partition coefficient (Wildman–Crippen LogP) is 2.38. The van der Waals surface area contributed by atoms with Crippen molar-refractivity contribution in [2.45, 2.75) is 19.9 Å². The van der Waals surface area contributed by atoms with Crippen LogP contribution in [0.4, 0.5) is 0 Å². The Morgan fingerprint density at radius 1 is 1.22 bits per heavy atom. The summed E-state index contributed by atoms with van der Waals surface area (Å²) >= 11 is 0. The molecule has 0 saturated carbocycles. The third kappa shape index (κ3) is 2.51. The number of aromatic nitrogens is 3. The molecule has 23 heavy (non-hydrogen) atoms. The normalized spacial score (nSPS) is 16.0. The van der Waals surface area contributed by atoms with E-state index in [0.29, 0.717) is 11.3 Å². The first-order valence-electron chi connectivity index (χ1n) is 7.67. The van der Waals surface area contributed by atoms with E-state index < -0.39 is 0 Å². The summed E-state index contributed by atoms with van der Waals surface area (Å²) in [4.78, 5) is 21.4. The number of hydrogen-bond donors (Lipinski definition) is 0. The minimum atomic E-state index is 0.0542. The molecule has 1 aliphatic heterocycles. The zero-order valence-corrected chi connectivity index (χ0v) is 12.8. The number of pyridine rings is 1. The second kappa shape index (κ2) is 5.36. The molecule has 0 fully saturated rings. The highest BCUT2D eigenvalue weighted by Gasteiger charge is 2.21. The van der Waals surface area contributed by atoms with E-state index in [1.54, 1.807) is 10.8 Å². The fourth-order valence-corrected chi connectivity index (χ4v) is 2.95. The molecule has 0 bridgehead atoms. The summed E-state index contributed by atoms with van der Waals surface area (Å²) in [7, 11) is 0. The molecule has 112 valence electrons. The lowest BCUT2D eigenvalue weighted by Gasteiger charge is -2.05. The van der Waals surface area contributed by atoms with E-state index in [-0.39, 0.29) is 5.56 Å². The molecule has 0 radical (unpaired) electrons. The summed E-state index contributed by atoms with van der Waals surface area (Å²) in [6, 6.07) is 11.2. The van der Waals surface area contributed by atoms with Gasteiger partial charge < -0.3 is 0 Å². The highest BCUT2D eigenvalue weighted by molar-refractivity contribution is 5.79. The van der Waals surface area contributed by atoms with Crippen molar-refractivity contribution in [3.8, 4) is 11.8 Å². The SMILES string of the molecule is C[C@@H]1Cc2nc3cc(C#Cc4ccccn4)ccc3c(=O)n2C1. The lowest BCUT2D eigenvalue weighted by Crippen LogP contribution is -2.21.